The van der Waals surface area contributed by atoms with Gasteiger partial charge in [0.05, 0.1) is 19.1 Å². The van der Waals surface area contributed by atoms with Gasteiger partial charge < -0.3 is 14.6 Å². The van der Waals surface area contributed by atoms with Gasteiger partial charge in [-0.05, 0) is 48.6 Å². The fourth-order valence-corrected chi connectivity index (χ4v) is 3.63. The molecule has 144 valence electrons. The first-order valence-corrected chi connectivity index (χ1v) is 9.25. The highest BCUT2D eigenvalue weighted by Crippen LogP contribution is 2.34. The zero-order valence-electron chi connectivity index (χ0n) is 15.0. The van der Waals surface area contributed by atoms with Crippen LogP contribution in [0.4, 0.5) is 0 Å². The number of aromatic hydroxyl groups is 1. The van der Waals surface area contributed by atoms with Crippen LogP contribution >= 0.6 is 24.0 Å². The number of carbonyl (C=O) groups is 2. The summed E-state index contributed by atoms with van der Waals surface area (Å²) in [5, 5.41) is 10.5. The molecule has 1 saturated heterocycles. The van der Waals surface area contributed by atoms with E-state index >= 15 is 0 Å². The van der Waals surface area contributed by atoms with Gasteiger partial charge in [0.2, 0.25) is 0 Å². The summed E-state index contributed by atoms with van der Waals surface area (Å²) in [5.74, 6) is 0.0923. The van der Waals surface area contributed by atoms with E-state index in [0.717, 1.165) is 16.8 Å². The van der Waals surface area contributed by atoms with Crippen LogP contribution in [0.1, 0.15) is 15.9 Å². The summed E-state index contributed by atoms with van der Waals surface area (Å²) in [6.07, 6.45) is 1.64. The molecule has 1 aliphatic heterocycles. The number of nitrogens with zero attached hydrogens (tertiary/aromatic N) is 1. The fourth-order valence-electron chi connectivity index (χ4n) is 2.46. The zero-order chi connectivity index (χ0) is 20.3. The molecule has 2 aromatic carbocycles. The molecule has 1 heterocycles. The van der Waals surface area contributed by atoms with Crippen LogP contribution < -0.4 is 14.9 Å². The largest absolute Gasteiger partial charge is 0.508 e. The Morgan fingerprint density at radius 3 is 2.68 bits per heavy atom. The third-order valence-corrected chi connectivity index (χ3v) is 5.14. The van der Waals surface area contributed by atoms with E-state index in [-0.39, 0.29) is 15.6 Å². The minimum absolute atomic E-state index is 0.0514. The van der Waals surface area contributed by atoms with E-state index in [1.165, 1.54) is 31.4 Å². The second-order valence-electron chi connectivity index (χ2n) is 5.62. The lowest BCUT2D eigenvalue weighted by Gasteiger charge is -2.15. The van der Waals surface area contributed by atoms with Crippen molar-refractivity contribution in [2.75, 3.05) is 14.2 Å². The predicted octanol–water partition coefficient (Wildman–Crippen LogP) is 2.96. The summed E-state index contributed by atoms with van der Waals surface area (Å²) in [7, 11) is 3.07. The van der Waals surface area contributed by atoms with Crippen molar-refractivity contribution in [2.45, 2.75) is 0 Å². The standard InChI is InChI=1S/C19H16N2O5S2/c1-25-14-7-6-11(15(10-14)26-2)9-16-18(24)21(19(27)28-16)20-17(23)12-4-3-5-13(22)8-12/h3-10,22H,1-2H3,(H,20,23). The topological polar surface area (TPSA) is 88.1 Å². The molecule has 2 aromatic rings. The SMILES string of the molecule is COc1ccc(C=C2SC(=S)N(NC(=O)c3cccc(O)c3)C2=O)c(OC)c1. The highest BCUT2D eigenvalue weighted by molar-refractivity contribution is 8.26. The van der Waals surface area contributed by atoms with Crippen LogP contribution in [0.3, 0.4) is 0 Å². The lowest BCUT2D eigenvalue weighted by atomic mass is 10.1. The molecule has 0 unspecified atom stereocenters. The molecule has 0 radical (unpaired) electrons. The molecule has 0 atom stereocenters. The lowest BCUT2D eigenvalue weighted by molar-refractivity contribution is -0.123. The van der Waals surface area contributed by atoms with Gasteiger partial charge in [-0.3, -0.25) is 15.0 Å². The van der Waals surface area contributed by atoms with Gasteiger partial charge in [-0.15, -0.1) is 0 Å². The number of hydrogen-bond donors (Lipinski definition) is 2. The van der Waals surface area contributed by atoms with Crippen molar-refractivity contribution in [3.8, 4) is 17.2 Å². The number of phenols is 1. The minimum Gasteiger partial charge on any atom is -0.508 e. The Bertz CT molecular complexity index is 990. The number of amides is 2. The van der Waals surface area contributed by atoms with Crippen LogP contribution in [-0.2, 0) is 4.79 Å². The number of benzene rings is 2. The number of hydrazine groups is 1. The molecule has 1 fully saturated rings. The average molecular weight is 416 g/mol. The maximum absolute atomic E-state index is 12.7. The minimum atomic E-state index is -0.560. The van der Waals surface area contributed by atoms with E-state index in [0.29, 0.717) is 22.0 Å². The quantitative estimate of drug-likeness (QED) is 0.572. The van der Waals surface area contributed by atoms with Crippen molar-refractivity contribution >= 4 is 46.2 Å². The molecular weight excluding hydrogens is 400 g/mol. The van der Waals surface area contributed by atoms with Gasteiger partial charge in [0, 0.05) is 17.2 Å². The fraction of sp³-hybridized carbons (Fsp3) is 0.105. The Kier molecular flexibility index (Phi) is 5.86. The van der Waals surface area contributed by atoms with E-state index in [1.807, 2.05) is 0 Å². The Labute approximate surface area is 170 Å². The van der Waals surface area contributed by atoms with Gasteiger partial charge in [-0.25, -0.2) is 0 Å². The molecule has 0 spiro atoms. The summed E-state index contributed by atoms with van der Waals surface area (Å²) in [5.41, 5.74) is 3.34. The predicted molar refractivity (Wildman–Crippen MR) is 110 cm³/mol. The van der Waals surface area contributed by atoms with Gasteiger partial charge in [0.1, 0.15) is 17.2 Å². The number of thiocarbonyl (C=S) groups is 1. The molecule has 2 amide bonds. The molecule has 0 saturated carbocycles. The van der Waals surface area contributed by atoms with E-state index in [1.54, 1.807) is 31.4 Å². The number of ether oxygens (including phenoxy) is 2. The summed E-state index contributed by atoms with van der Waals surface area (Å²) < 4.78 is 10.7. The molecule has 9 heteroatoms. The first kappa shape index (κ1) is 19.7. The first-order valence-electron chi connectivity index (χ1n) is 8.03. The molecule has 0 aromatic heterocycles. The van der Waals surface area contributed by atoms with Crippen LogP contribution in [0.5, 0.6) is 17.2 Å². The molecule has 28 heavy (non-hydrogen) atoms. The van der Waals surface area contributed by atoms with Gasteiger partial charge in [-0.1, -0.05) is 17.8 Å². The molecular formula is C19H16N2O5S2. The van der Waals surface area contributed by atoms with Crippen LogP contribution in [0, 0.1) is 0 Å². The Morgan fingerprint density at radius 2 is 2.00 bits per heavy atom. The highest BCUT2D eigenvalue weighted by atomic mass is 32.2. The van der Waals surface area contributed by atoms with E-state index in [2.05, 4.69) is 5.43 Å². The normalized spacial score (nSPS) is 15.1. The molecule has 1 aliphatic rings. The molecule has 0 bridgehead atoms. The monoisotopic (exact) mass is 416 g/mol. The number of phenolic OH excluding ortho intramolecular Hbond substituents is 1. The third-order valence-electron chi connectivity index (χ3n) is 3.84. The maximum Gasteiger partial charge on any atom is 0.285 e. The van der Waals surface area contributed by atoms with Gasteiger partial charge in [0.25, 0.3) is 11.8 Å². The number of hydrogen-bond acceptors (Lipinski definition) is 7. The molecule has 2 N–H and O–H groups in total. The summed E-state index contributed by atoms with van der Waals surface area (Å²) in [6, 6.07) is 11.0. The first-order chi connectivity index (χ1) is 13.4. The Morgan fingerprint density at radius 1 is 1.21 bits per heavy atom. The summed E-state index contributed by atoms with van der Waals surface area (Å²) >= 11 is 6.28. The number of thioether (sulfide) groups is 1. The van der Waals surface area contributed by atoms with E-state index < -0.39 is 11.8 Å². The van der Waals surface area contributed by atoms with Crippen molar-refractivity contribution in [2.24, 2.45) is 0 Å². The number of nitrogens with one attached hydrogen (secondary N) is 1. The van der Waals surface area contributed by atoms with Crippen LogP contribution in [-0.4, -0.2) is 40.5 Å². The van der Waals surface area contributed by atoms with E-state index in [9.17, 15) is 14.7 Å². The highest BCUT2D eigenvalue weighted by Gasteiger charge is 2.34. The van der Waals surface area contributed by atoms with Crippen LogP contribution in [0.15, 0.2) is 47.4 Å². The molecule has 3 rings (SSSR count). The van der Waals surface area contributed by atoms with Crippen molar-refractivity contribution in [1.29, 1.82) is 0 Å². The Hall–Kier alpha value is -3.04. The zero-order valence-corrected chi connectivity index (χ0v) is 16.6. The smallest absolute Gasteiger partial charge is 0.285 e. The van der Waals surface area contributed by atoms with Crippen molar-refractivity contribution in [1.82, 2.24) is 10.4 Å². The Balaban J connectivity index is 1.82. The van der Waals surface area contributed by atoms with Gasteiger partial charge in [-0.2, -0.15) is 5.01 Å². The average Bonchev–Trinajstić information content (AvgIpc) is 2.95. The summed E-state index contributed by atoms with van der Waals surface area (Å²) in [4.78, 5) is 25.4. The van der Waals surface area contributed by atoms with Crippen molar-refractivity contribution < 1.29 is 24.2 Å². The summed E-state index contributed by atoms with van der Waals surface area (Å²) in [6.45, 7) is 0. The maximum atomic E-state index is 12.7. The van der Waals surface area contributed by atoms with Crippen molar-refractivity contribution in [3.63, 3.8) is 0 Å². The number of methoxy groups -OCH3 is 2. The van der Waals surface area contributed by atoms with Crippen molar-refractivity contribution in [3.05, 3.63) is 58.5 Å². The van der Waals surface area contributed by atoms with Gasteiger partial charge in [0.15, 0.2) is 4.32 Å². The second kappa shape index (κ2) is 8.32. The van der Waals surface area contributed by atoms with Gasteiger partial charge >= 0.3 is 0 Å². The molecule has 0 aliphatic carbocycles. The van der Waals surface area contributed by atoms with Crippen LogP contribution in [0.2, 0.25) is 0 Å². The van der Waals surface area contributed by atoms with E-state index in [4.69, 9.17) is 21.7 Å². The number of carbonyl (C=O) groups excluding carboxylic acids is 2. The lowest BCUT2D eigenvalue weighted by Crippen LogP contribution is -2.44. The number of rotatable bonds is 5. The third kappa shape index (κ3) is 4.10. The van der Waals surface area contributed by atoms with Crippen LogP contribution in [0.25, 0.3) is 6.08 Å². The molecule has 7 nitrogen and oxygen atoms in total. The second-order valence-corrected chi connectivity index (χ2v) is 7.29.